The zero-order chi connectivity index (χ0) is 14.2. The van der Waals surface area contributed by atoms with Crippen molar-refractivity contribution in [2.75, 3.05) is 20.3 Å². The lowest BCUT2D eigenvalue weighted by molar-refractivity contribution is 0.204. The summed E-state index contributed by atoms with van der Waals surface area (Å²) in [7, 11) is 1.65. The Balaban J connectivity index is 1.89. The average Bonchev–Trinajstić information content (AvgIpc) is 3.00. The van der Waals surface area contributed by atoms with Crippen molar-refractivity contribution >= 4 is 5.96 Å². The molecule has 0 atom stereocenters. The van der Waals surface area contributed by atoms with Gasteiger partial charge in [-0.25, -0.2) is 9.67 Å². The maximum atomic E-state index is 5.74. The van der Waals surface area contributed by atoms with Crippen molar-refractivity contribution in [3.63, 3.8) is 0 Å². The van der Waals surface area contributed by atoms with Gasteiger partial charge in [-0.3, -0.25) is 0 Å². The van der Waals surface area contributed by atoms with Gasteiger partial charge in [0.05, 0.1) is 18.8 Å². The number of nitrogens with two attached hydrogens (primary N) is 1. The minimum atomic E-state index is 0.429. The third kappa shape index (κ3) is 4.10. The molecule has 0 unspecified atom stereocenters. The maximum Gasteiger partial charge on any atom is 0.188 e. The molecule has 0 bridgehead atoms. The first kappa shape index (κ1) is 14.1. The molecular formula is C14H19N5O. The van der Waals surface area contributed by atoms with Crippen LogP contribution >= 0.6 is 0 Å². The standard InChI is InChI=1S/C14H19N5O/c1-20-10-8-16-14(15)17-11-12-3-5-13(6-4-12)19-9-2-7-18-19/h2-7,9H,8,10-11H2,1H3,(H3,15,16,17). The number of hydrogen-bond acceptors (Lipinski definition) is 3. The first-order valence-electron chi connectivity index (χ1n) is 6.41. The fourth-order valence-electron chi connectivity index (χ4n) is 1.69. The monoisotopic (exact) mass is 273 g/mol. The molecule has 0 saturated heterocycles. The van der Waals surface area contributed by atoms with Gasteiger partial charge in [0, 0.05) is 26.0 Å². The Morgan fingerprint density at radius 3 is 2.85 bits per heavy atom. The molecule has 0 saturated carbocycles. The Morgan fingerprint density at radius 1 is 1.40 bits per heavy atom. The van der Waals surface area contributed by atoms with Gasteiger partial charge in [-0.1, -0.05) is 12.1 Å². The van der Waals surface area contributed by atoms with E-state index < -0.39 is 0 Å². The molecule has 0 spiro atoms. The number of aliphatic imine (C=N–C) groups is 1. The number of guanidine groups is 1. The minimum Gasteiger partial charge on any atom is -0.383 e. The van der Waals surface area contributed by atoms with Crippen LogP contribution in [0.25, 0.3) is 5.69 Å². The number of ether oxygens (including phenoxy) is 1. The van der Waals surface area contributed by atoms with Crippen molar-refractivity contribution in [2.24, 2.45) is 10.7 Å². The second kappa shape index (κ2) is 7.30. The molecule has 6 nitrogen and oxygen atoms in total. The van der Waals surface area contributed by atoms with Crippen LogP contribution in [0.4, 0.5) is 0 Å². The Hall–Kier alpha value is -2.34. The van der Waals surface area contributed by atoms with Crippen molar-refractivity contribution in [1.29, 1.82) is 0 Å². The van der Waals surface area contributed by atoms with Gasteiger partial charge in [-0.2, -0.15) is 5.10 Å². The normalized spacial score (nSPS) is 11.6. The lowest BCUT2D eigenvalue weighted by atomic mass is 10.2. The van der Waals surface area contributed by atoms with E-state index in [1.807, 2.05) is 41.2 Å². The molecule has 0 aliphatic heterocycles. The van der Waals surface area contributed by atoms with Crippen LogP contribution in [0.1, 0.15) is 5.56 Å². The Morgan fingerprint density at radius 2 is 2.20 bits per heavy atom. The number of nitrogens with one attached hydrogen (secondary N) is 1. The summed E-state index contributed by atoms with van der Waals surface area (Å²) < 4.78 is 6.74. The van der Waals surface area contributed by atoms with E-state index in [2.05, 4.69) is 15.4 Å². The zero-order valence-corrected chi connectivity index (χ0v) is 11.5. The molecule has 6 heteroatoms. The summed E-state index contributed by atoms with van der Waals surface area (Å²) in [4.78, 5) is 4.26. The number of aromatic nitrogens is 2. The van der Waals surface area contributed by atoms with Gasteiger partial charge < -0.3 is 15.8 Å². The number of hydrogen-bond donors (Lipinski definition) is 2. The van der Waals surface area contributed by atoms with Gasteiger partial charge in [0.15, 0.2) is 5.96 Å². The van der Waals surface area contributed by atoms with Gasteiger partial charge in [-0.15, -0.1) is 0 Å². The topological polar surface area (TPSA) is 77.5 Å². The Labute approximate surface area is 118 Å². The molecule has 3 N–H and O–H groups in total. The first-order chi connectivity index (χ1) is 9.79. The summed E-state index contributed by atoms with van der Waals surface area (Å²) in [6, 6.07) is 9.94. The van der Waals surface area contributed by atoms with Gasteiger partial charge >= 0.3 is 0 Å². The highest BCUT2D eigenvalue weighted by atomic mass is 16.5. The van der Waals surface area contributed by atoms with Crippen LogP contribution in [0.5, 0.6) is 0 Å². The van der Waals surface area contributed by atoms with Gasteiger partial charge in [-0.05, 0) is 23.8 Å². The second-order valence-corrected chi connectivity index (χ2v) is 4.24. The van der Waals surface area contributed by atoms with Gasteiger partial charge in [0.1, 0.15) is 0 Å². The molecule has 106 valence electrons. The number of methoxy groups -OCH3 is 1. The molecular weight excluding hydrogens is 254 g/mol. The highest BCUT2D eigenvalue weighted by Crippen LogP contribution is 2.09. The van der Waals surface area contributed by atoms with Gasteiger partial charge in [0.25, 0.3) is 0 Å². The molecule has 2 aromatic rings. The van der Waals surface area contributed by atoms with E-state index in [4.69, 9.17) is 10.5 Å². The molecule has 20 heavy (non-hydrogen) atoms. The molecule has 1 heterocycles. The van der Waals surface area contributed by atoms with E-state index in [1.165, 1.54) is 0 Å². The summed E-state index contributed by atoms with van der Waals surface area (Å²) >= 11 is 0. The quantitative estimate of drug-likeness (QED) is 0.466. The van der Waals surface area contributed by atoms with Crippen molar-refractivity contribution in [1.82, 2.24) is 15.1 Å². The first-order valence-corrected chi connectivity index (χ1v) is 6.41. The van der Waals surface area contributed by atoms with E-state index in [-0.39, 0.29) is 0 Å². The molecule has 2 rings (SSSR count). The fraction of sp³-hybridized carbons (Fsp3) is 0.286. The van der Waals surface area contributed by atoms with Crippen LogP contribution in [0.3, 0.4) is 0 Å². The summed E-state index contributed by atoms with van der Waals surface area (Å²) in [6.07, 6.45) is 3.66. The molecule has 0 radical (unpaired) electrons. The van der Waals surface area contributed by atoms with E-state index in [1.54, 1.807) is 13.3 Å². The number of rotatable bonds is 6. The zero-order valence-electron chi connectivity index (χ0n) is 11.5. The highest BCUT2D eigenvalue weighted by Gasteiger charge is 1.97. The highest BCUT2D eigenvalue weighted by molar-refractivity contribution is 5.77. The second-order valence-electron chi connectivity index (χ2n) is 4.24. The number of benzene rings is 1. The minimum absolute atomic E-state index is 0.429. The van der Waals surface area contributed by atoms with Crippen molar-refractivity contribution in [2.45, 2.75) is 6.54 Å². The molecule has 0 aliphatic rings. The van der Waals surface area contributed by atoms with Crippen molar-refractivity contribution in [3.8, 4) is 5.69 Å². The summed E-state index contributed by atoms with van der Waals surface area (Å²) in [5, 5.41) is 7.16. The van der Waals surface area contributed by atoms with E-state index in [0.29, 0.717) is 25.7 Å². The molecule has 0 fully saturated rings. The van der Waals surface area contributed by atoms with Crippen LogP contribution in [-0.4, -0.2) is 36.0 Å². The predicted octanol–water partition coefficient (Wildman–Crippen LogP) is 0.923. The fourth-order valence-corrected chi connectivity index (χ4v) is 1.69. The Kier molecular flexibility index (Phi) is 5.14. The smallest absolute Gasteiger partial charge is 0.188 e. The predicted molar refractivity (Wildman–Crippen MR) is 78.8 cm³/mol. The summed E-state index contributed by atoms with van der Waals surface area (Å²) in [5.74, 6) is 0.429. The molecule has 1 aromatic carbocycles. The van der Waals surface area contributed by atoms with Crippen LogP contribution in [0.2, 0.25) is 0 Å². The third-order valence-corrected chi connectivity index (χ3v) is 2.75. The lowest BCUT2D eigenvalue weighted by Crippen LogP contribution is -2.34. The summed E-state index contributed by atoms with van der Waals surface area (Å²) in [5.41, 5.74) is 7.86. The van der Waals surface area contributed by atoms with Crippen molar-refractivity contribution < 1.29 is 4.74 Å². The van der Waals surface area contributed by atoms with Crippen LogP contribution < -0.4 is 11.1 Å². The largest absolute Gasteiger partial charge is 0.383 e. The molecule has 0 amide bonds. The summed E-state index contributed by atoms with van der Waals surface area (Å²) in [6.45, 7) is 1.81. The third-order valence-electron chi connectivity index (χ3n) is 2.75. The number of nitrogens with zero attached hydrogens (tertiary/aromatic N) is 3. The SMILES string of the molecule is COCCNC(N)=NCc1ccc(-n2cccn2)cc1. The average molecular weight is 273 g/mol. The molecule has 1 aromatic heterocycles. The van der Waals surface area contributed by atoms with Gasteiger partial charge in [0.2, 0.25) is 0 Å². The maximum absolute atomic E-state index is 5.74. The Bertz CT molecular complexity index is 533. The van der Waals surface area contributed by atoms with Crippen LogP contribution in [0.15, 0.2) is 47.7 Å². The van der Waals surface area contributed by atoms with E-state index >= 15 is 0 Å². The van der Waals surface area contributed by atoms with E-state index in [0.717, 1.165) is 11.3 Å². The molecule has 0 aliphatic carbocycles. The van der Waals surface area contributed by atoms with Crippen LogP contribution in [0, 0.1) is 0 Å². The lowest BCUT2D eigenvalue weighted by Gasteiger charge is -2.05. The van der Waals surface area contributed by atoms with E-state index in [9.17, 15) is 0 Å². The van der Waals surface area contributed by atoms with Crippen molar-refractivity contribution in [3.05, 3.63) is 48.3 Å². The van der Waals surface area contributed by atoms with Crippen LogP contribution in [-0.2, 0) is 11.3 Å².